The summed E-state index contributed by atoms with van der Waals surface area (Å²) in [6.45, 7) is 6.05. The summed E-state index contributed by atoms with van der Waals surface area (Å²) in [5.74, 6) is -11.1. The first kappa shape index (κ1) is 60.4. The van der Waals surface area contributed by atoms with E-state index in [2.05, 4.69) is 20.6 Å². The second kappa shape index (κ2) is 23.1. The lowest BCUT2D eigenvalue weighted by Gasteiger charge is -2.35. The maximum absolute atomic E-state index is 15.9. The van der Waals surface area contributed by atoms with Crippen molar-refractivity contribution in [2.45, 2.75) is 103 Å². The number of hydrogen-bond donors (Lipinski definition) is 3. The topological polar surface area (TPSA) is 190 Å². The highest BCUT2D eigenvalue weighted by atomic mass is 32.1. The van der Waals surface area contributed by atoms with Gasteiger partial charge in [0.1, 0.15) is 41.2 Å². The van der Waals surface area contributed by atoms with Gasteiger partial charge in [-0.25, -0.2) is 22.5 Å². The number of β-amino-alcohol motifs (C(OH)–C–C–N with tert-alkyl or cyclic N) is 1. The molecule has 0 radical (unpaired) electrons. The van der Waals surface area contributed by atoms with Crippen LogP contribution in [0, 0.1) is 35.3 Å². The minimum Gasteiger partial charge on any atom is -0.487 e. The number of rotatable bonds is 17. The summed E-state index contributed by atoms with van der Waals surface area (Å²) in [4.78, 5) is 65.7. The minimum atomic E-state index is -5.38. The number of carbonyl (C=O) groups excluding carboxylic acids is 4. The fraction of sp³-hybridized carbons (Fsp3) is 0.396. The lowest BCUT2D eigenvalue weighted by molar-refractivity contribution is -0.144. The van der Waals surface area contributed by atoms with Gasteiger partial charge in [0, 0.05) is 37.6 Å². The molecule has 2 aromatic heterocycles. The monoisotopic (exact) mass is 1160 g/mol. The van der Waals surface area contributed by atoms with E-state index in [1.165, 1.54) is 36.2 Å². The average molecular weight is 1170 g/mol. The molecule has 4 heterocycles. The first-order chi connectivity index (χ1) is 37.2. The van der Waals surface area contributed by atoms with Crippen LogP contribution in [0.15, 0.2) is 72.4 Å². The van der Waals surface area contributed by atoms with Crippen molar-refractivity contribution in [2.75, 3.05) is 36.2 Å². The molecule has 2 fully saturated rings. The molecule has 0 aliphatic carbocycles. The van der Waals surface area contributed by atoms with Gasteiger partial charge in [-0.2, -0.15) is 31.6 Å². The molecule has 2 aliphatic heterocycles. The number of aliphatic hydroxyl groups is 1. The summed E-state index contributed by atoms with van der Waals surface area (Å²) in [5, 5.41) is 24.4. The Morgan fingerprint density at radius 3 is 2.26 bits per heavy atom. The summed E-state index contributed by atoms with van der Waals surface area (Å²) in [5.41, 5.74) is -6.31. The highest BCUT2D eigenvalue weighted by Crippen LogP contribution is 2.44. The molecule has 3 atom stereocenters. The van der Waals surface area contributed by atoms with Crippen molar-refractivity contribution < 1.29 is 77.7 Å². The van der Waals surface area contributed by atoms with Gasteiger partial charge in [0.2, 0.25) is 17.7 Å². The van der Waals surface area contributed by atoms with Crippen LogP contribution in [0.25, 0.3) is 21.7 Å². The number of ether oxygens (including phenoxy) is 2. The summed E-state index contributed by atoms with van der Waals surface area (Å²) >= 11 is 6.84. The first-order valence-electron chi connectivity index (χ1n) is 24.2. The normalized spacial score (nSPS) is 17.2. The zero-order valence-electron chi connectivity index (χ0n) is 43.3. The molecule has 2 aliphatic rings. The molecule has 27 heteroatoms. The lowest BCUT2D eigenvalue weighted by Crippen LogP contribution is -2.58. The third kappa shape index (κ3) is 13.0. The number of thiocarbonyl (C=S) groups is 1. The number of nitrogens with one attached hydrogen (secondary N) is 2. The second-order valence-corrected chi connectivity index (χ2v) is 21.6. The molecular weight excluding hydrogens is 1110 g/mol. The second-order valence-electron chi connectivity index (χ2n) is 20.4. The molecule has 0 unspecified atom stereocenters. The highest BCUT2D eigenvalue weighted by molar-refractivity contribution is 7.81. The summed E-state index contributed by atoms with van der Waals surface area (Å²) in [6.07, 6.45) is -12.1. The Labute approximate surface area is 460 Å². The number of aryl methyl sites for hydroxylation is 1. The maximum atomic E-state index is 15.9. The number of halogens is 10. The molecule has 0 spiro atoms. The van der Waals surface area contributed by atoms with Crippen molar-refractivity contribution in [2.24, 2.45) is 5.41 Å². The van der Waals surface area contributed by atoms with Gasteiger partial charge in [-0.15, -0.1) is 11.3 Å². The quantitative estimate of drug-likeness (QED) is 0.0455. The van der Waals surface area contributed by atoms with E-state index in [0.29, 0.717) is 35.2 Å². The Hall–Kier alpha value is -7.28. The molecule has 80 heavy (non-hydrogen) atoms. The number of amides is 4. The molecule has 2 saturated heterocycles. The molecule has 7 rings (SSSR count). The molecule has 5 aromatic rings. The van der Waals surface area contributed by atoms with Crippen LogP contribution in [0.4, 0.5) is 55.3 Å². The van der Waals surface area contributed by atoms with E-state index in [0.717, 1.165) is 38.9 Å². The van der Waals surface area contributed by atoms with Crippen molar-refractivity contribution in [3.8, 4) is 33.5 Å². The molecule has 4 amide bonds. The molecule has 3 N–H and O–H groups in total. The van der Waals surface area contributed by atoms with Crippen LogP contribution >= 0.6 is 23.6 Å². The zero-order valence-corrected chi connectivity index (χ0v) is 44.9. The van der Waals surface area contributed by atoms with Crippen molar-refractivity contribution in [1.29, 1.82) is 5.26 Å². The average Bonchev–Trinajstić information content (AvgIpc) is 4.23. The number of carbonyl (C=O) groups is 4. The van der Waals surface area contributed by atoms with Gasteiger partial charge in [0.05, 0.1) is 63.6 Å². The van der Waals surface area contributed by atoms with Gasteiger partial charge in [-0.3, -0.25) is 29.1 Å². The van der Waals surface area contributed by atoms with E-state index in [1.807, 2.05) is 31.2 Å². The number of nitriles is 1. The van der Waals surface area contributed by atoms with Crippen LogP contribution in [0.5, 0.6) is 5.75 Å². The molecule has 0 bridgehead atoms. The fourth-order valence-electron chi connectivity index (χ4n) is 8.98. The van der Waals surface area contributed by atoms with Crippen LogP contribution in [-0.2, 0) is 42.8 Å². The molecule has 3 aromatic carbocycles. The standard InChI is InChI=1S/C53H50F10N8O7S2/c1-27-43(80-26-67-27)29-9-7-28(8-10-29)21-66-45(74)38-18-32(72)23-69(38)46(75)44(49(2,3)4)68-39(73)24-77-16-15-51(56,57)25-78-33-12-13-34(35(19-33)52(58,59)60)42-36(54)17-31(22-65-42)71-48(79)70(47(76)50(71,5)6)37-14-11-30(20-64)40(41(37)55)53(61,62)63/h7-14,17,19,22,26,32,38,44,72H,15-16,18,21,23-25H2,1-6H3,(H,66,74)(H,68,73)/t32-,38+,44-/m1/s1. The highest BCUT2D eigenvalue weighted by Gasteiger charge is 2.53. The Bertz CT molecular complexity index is 3250. The number of thiazole rings is 1. The smallest absolute Gasteiger partial charge is 0.420 e. The number of benzene rings is 3. The van der Waals surface area contributed by atoms with Crippen molar-refractivity contribution >= 4 is 63.7 Å². The largest absolute Gasteiger partial charge is 0.487 e. The van der Waals surface area contributed by atoms with E-state index in [9.17, 15) is 50.6 Å². The third-order valence-corrected chi connectivity index (χ3v) is 14.4. The maximum Gasteiger partial charge on any atom is 0.420 e. The predicted octanol–water partition coefficient (Wildman–Crippen LogP) is 9.51. The van der Waals surface area contributed by atoms with Gasteiger partial charge in [-0.05, 0) is 79.9 Å². The van der Waals surface area contributed by atoms with Crippen LogP contribution in [0.3, 0.4) is 0 Å². The lowest BCUT2D eigenvalue weighted by atomic mass is 9.85. The Morgan fingerprint density at radius 2 is 1.66 bits per heavy atom. The van der Waals surface area contributed by atoms with Gasteiger partial charge >= 0.3 is 12.4 Å². The number of hydrogen-bond acceptors (Lipinski definition) is 12. The molecule has 426 valence electrons. The van der Waals surface area contributed by atoms with Gasteiger partial charge in [-0.1, -0.05) is 45.0 Å². The fourth-order valence-corrected chi connectivity index (χ4v) is 10.3. The van der Waals surface area contributed by atoms with Crippen LogP contribution in [0.1, 0.15) is 75.4 Å². The predicted molar refractivity (Wildman–Crippen MR) is 275 cm³/mol. The van der Waals surface area contributed by atoms with Crippen molar-refractivity contribution in [3.63, 3.8) is 0 Å². The number of aromatic nitrogens is 2. The third-order valence-electron chi connectivity index (χ3n) is 13.1. The SMILES string of the molecule is Cc1ncsc1-c1ccc(CNC(=O)[C@@H]2C[C@@H](O)CN2C(=O)[C@@H](NC(=O)COCCC(F)(F)COc2ccc(-c3ncc(N4C(=S)N(c5ccc(C#N)c(C(F)(F)F)c5F)C(=O)C4(C)C)cc3F)c(C(F)(F)F)c2)C(C)(C)C)cc1. The summed E-state index contributed by atoms with van der Waals surface area (Å²) in [7, 11) is 0. The van der Waals surface area contributed by atoms with E-state index in [1.54, 1.807) is 26.3 Å². The Morgan fingerprint density at radius 1 is 0.975 bits per heavy atom. The molecular formula is C53H50F10N8O7S2. The van der Waals surface area contributed by atoms with Gasteiger partial charge in [0.25, 0.3) is 11.8 Å². The number of pyridine rings is 1. The summed E-state index contributed by atoms with van der Waals surface area (Å²) < 4.78 is 157. The number of nitrogens with zero attached hydrogens (tertiary/aromatic N) is 6. The van der Waals surface area contributed by atoms with E-state index < -0.39 is 153 Å². The molecule has 15 nitrogen and oxygen atoms in total. The van der Waals surface area contributed by atoms with Gasteiger partial charge in [0.15, 0.2) is 23.4 Å². The minimum absolute atomic E-state index is 0.0729. The number of likely N-dealkylation sites (tertiary alicyclic amines) is 1. The van der Waals surface area contributed by atoms with E-state index in [4.69, 9.17) is 27.0 Å². The Balaban J connectivity index is 0.943. The van der Waals surface area contributed by atoms with Crippen LogP contribution in [-0.4, -0.2) is 105 Å². The summed E-state index contributed by atoms with van der Waals surface area (Å²) in [6, 6.07) is 10.2. The van der Waals surface area contributed by atoms with E-state index >= 15 is 17.6 Å². The number of anilines is 2. The molecule has 0 saturated carbocycles. The Kier molecular flexibility index (Phi) is 17.4. The first-order valence-corrected chi connectivity index (χ1v) is 25.5. The van der Waals surface area contributed by atoms with Crippen molar-refractivity contribution in [3.05, 3.63) is 112 Å². The van der Waals surface area contributed by atoms with Crippen molar-refractivity contribution in [1.82, 2.24) is 25.5 Å². The van der Waals surface area contributed by atoms with Gasteiger partial charge < -0.3 is 35.0 Å². The number of aliphatic hydroxyl groups excluding tert-OH is 1. The van der Waals surface area contributed by atoms with E-state index in [-0.39, 0.29) is 25.2 Å². The zero-order chi connectivity index (χ0) is 59.0. The number of alkyl halides is 8. The van der Waals surface area contributed by atoms with Crippen LogP contribution < -0.4 is 25.2 Å². The van der Waals surface area contributed by atoms with Crippen LogP contribution in [0.2, 0.25) is 0 Å².